The summed E-state index contributed by atoms with van der Waals surface area (Å²) in [5.74, 6) is -1.78. The zero-order chi connectivity index (χ0) is 16.7. The molecule has 8 nitrogen and oxygen atoms in total. The maximum atomic E-state index is 11.2. The Hall–Kier alpha value is -2.35. The zero-order valence-electron chi connectivity index (χ0n) is 12.2. The van der Waals surface area contributed by atoms with Gasteiger partial charge < -0.3 is 4.79 Å². The van der Waals surface area contributed by atoms with Gasteiger partial charge in [0, 0.05) is 25.0 Å². The van der Waals surface area contributed by atoms with E-state index in [1.807, 2.05) is 6.92 Å². The van der Waals surface area contributed by atoms with E-state index in [1.54, 1.807) is 0 Å². The second-order valence-electron chi connectivity index (χ2n) is 4.82. The lowest BCUT2D eigenvalue weighted by molar-refractivity contribution is -0.171. The third-order valence-electron chi connectivity index (χ3n) is 3.21. The van der Waals surface area contributed by atoms with E-state index in [-0.39, 0.29) is 29.7 Å². The van der Waals surface area contributed by atoms with Crippen LogP contribution in [0.2, 0.25) is 0 Å². The van der Waals surface area contributed by atoms with Gasteiger partial charge in [-0.15, -0.1) is 0 Å². The smallest absolute Gasteiger partial charge is 0.254 e. The quantitative estimate of drug-likeness (QED) is 0.441. The molecule has 1 saturated heterocycles. The summed E-state index contributed by atoms with van der Waals surface area (Å²) in [4.78, 5) is 54.6. The third-order valence-corrected chi connectivity index (χ3v) is 3.21. The molecule has 0 bridgehead atoms. The molecule has 0 aromatic heterocycles. The van der Waals surface area contributed by atoms with Gasteiger partial charge in [-0.2, -0.15) is 5.06 Å². The lowest BCUT2D eigenvalue weighted by Gasteiger charge is -2.20. The number of unbranched alkanes of at least 4 members (excludes halogenated alkanes) is 1. The summed E-state index contributed by atoms with van der Waals surface area (Å²) < 4.78 is 0. The van der Waals surface area contributed by atoms with Crippen molar-refractivity contribution in [3.8, 4) is 0 Å². The van der Waals surface area contributed by atoms with E-state index < -0.39 is 17.9 Å². The Bertz CT molecular complexity index is 479. The first-order chi connectivity index (χ1) is 10.4. The molecular weight excluding hydrogens is 292 g/mol. The highest BCUT2D eigenvalue weighted by Crippen LogP contribution is 2.12. The Kier molecular flexibility index (Phi) is 6.58. The van der Waals surface area contributed by atoms with Gasteiger partial charge in [0.2, 0.25) is 0 Å². The van der Waals surface area contributed by atoms with Crippen LogP contribution in [-0.2, 0) is 24.0 Å². The van der Waals surface area contributed by atoms with Crippen molar-refractivity contribution < 1.29 is 29.2 Å². The molecule has 1 atom stereocenters. The molecule has 1 N–H and O–H groups in total. The first-order valence-corrected chi connectivity index (χ1v) is 6.97. The first kappa shape index (κ1) is 17.7. The second kappa shape index (κ2) is 8.18. The summed E-state index contributed by atoms with van der Waals surface area (Å²) in [6.07, 6.45) is 5.69. The average Bonchev–Trinajstić information content (AvgIpc) is 2.98. The van der Waals surface area contributed by atoms with Crippen LogP contribution in [0.4, 0.5) is 0 Å². The van der Waals surface area contributed by atoms with Gasteiger partial charge in [0.25, 0.3) is 23.6 Å². The zero-order valence-corrected chi connectivity index (χ0v) is 12.2. The minimum atomic E-state index is -0.593. The van der Waals surface area contributed by atoms with Crippen LogP contribution >= 0.6 is 0 Å². The summed E-state index contributed by atoms with van der Waals surface area (Å²) in [6, 6.07) is -0.593. The fourth-order valence-electron chi connectivity index (χ4n) is 1.97. The van der Waals surface area contributed by atoms with Crippen molar-refractivity contribution in [2.75, 3.05) is 0 Å². The van der Waals surface area contributed by atoms with E-state index in [9.17, 15) is 24.0 Å². The van der Waals surface area contributed by atoms with E-state index in [0.29, 0.717) is 12.7 Å². The van der Waals surface area contributed by atoms with E-state index in [2.05, 4.69) is 0 Å². The topological polar surface area (TPSA) is 112 Å². The fourth-order valence-corrected chi connectivity index (χ4v) is 1.97. The summed E-state index contributed by atoms with van der Waals surface area (Å²) >= 11 is 0. The molecule has 0 radical (unpaired) electrons. The SMILES string of the molecule is CCCCC(C=O)N1C(=O)C=CC1=O.O=C1CCC(=O)N1O. The highest BCUT2D eigenvalue weighted by Gasteiger charge is 2.30. The van der Waals surface area contributed by atoms with E-state index in [0.717, 1.165) is 17.7 Å². The molecule has 4 amide bonds. The summed E-state index contributed by atoms with van der Waals surface area (Å²) in [6.45, 7) is 1.99. The second-order valence-corrected chi connectivity index (χ2v) is 4.82. The molecule has 0 aromatic rings. The predicted molar refractivity (Wildman–Crippen MR) is 73.2 cm³/mol. The van der Waals surface area contributed by atoms with Crippen molar-refractivity contribution in [2.24, 2.45) is 0 Å². The number of amides is 4. The molecule has 0 aromatic carbocycles. The van der Waals surface area contributed by atoms with Crippen LogP contribution in [0, 0.1) is 0 Å². The number of imide groups is 2. The van der Waals surface area contributed by atoms with Crippen LogP contribution in [-0.4, -0.2) is 51.1 Å². The van der Waals surface area contributed by atoms with Crippen LogP contribution in [0.3, 0.4) is 0 Å². The standard InChI is InChI=1S/C10H13NO3.C4H5NO3/c1-2-3-4-8(7-12)11-9(13)5-6-10(11)14;6-3-1-2-4(7)5(3)8/h5-8H,2-4H2,1H3;8H,1-2H2. The molecule has 1 unspecified atom stereocenters. The van der Waals surface area contributed by atoms with Gasteiger partial charge in [-0.25, -0.2) is 0 Å². The summed E-state index contributed by atoms with van der Waals surface area (Å²) in [5.41, 5.74) is 0. The Labute approximate surface area is 127 Å². The Morgan fingerprint density at radius 2 is 1.64 bits per heavy atom. The first-order valence-electron chi connectivity index (χ1n) is 6.97. The molecule has 1 fully saturated rings. The Balaban J connectivity index is 0.000000255. The highest BCUT2D eigenvalue weighted by molar-refractivity contribution is 6.14. The van der Waals surface area contributed by atoms with E-state index >= 15 is 0 Å². The van der Waals surface area contributed by atoms with Gasteiger partial charge in [-0.1, -0.05) is 19.8 Å². The average molecular weight is 310 g/mol. The monoisotopic (exact) mass is 310 g/mol. The van der Waals surface area contributed by atoms with Crippen LogP contribution in [0.15, 0.2) is 12.2 Å². The molecule has 120 valence electrons. The highest BCUT2D eigenvalue weighted by atomic mass is 16.5. The van der Waals surface area contributed by atoms with Gasteiger partial charge in [0.05, 0.1) is 6.04 Å². The predicted octanol–water partition coefficient (Wildman–Crippen LogP) is 0.194. The van der Waals surface area contributed by atoms with Gasteiger partial charge >= 0.3 is 0 Å². The lowest BCUT2D eigenvalue weighted by atomic mass is 10.1. The number of hydrogen-bond donors (Lipinski definition) is 1. The van der Waals surface area contributed by atoms with E-state index in [4.69, 9.17) is 5.21 Å². The van der Waals surface area contributed by atoms with E-state index in [1.165, 1.54) is 12.2 Å². The molecule has 2 aliphatic rings. The third kappa shape index (κ3) is 4.32. The van der Waals surface area contributed by atoms with Crippen LogP contribution in [0.1, 0.15) is 39.0 Å². The summed E-state index contributed by atoms with van der Waals surface area (Å²) in [5, 5.41) is 8.57. The largest absolute Gasteiger partial charge is 0.301 e. The Morgan fingerprint density at radius 1 is 1.14 bits per heavy atom. The van der Waals surface area contributed by atoms with Gasteiger partial charge in [0.1, 0.15) is 6.29 Å². The minimum absolute atomic E-state index is 0.148. The summed E-state index contributed by atoms with van der Waals surface area (Å²) in [7, 11) is 0. The number of hydrogen-bond acceptors (Lipinski definition) is 6. The molecule has 2 heterocycles. The lowest BCUT2D eigenvalue weighted by Crippen LogP contribution is -2.41. The minimum Gasteiger partial charge on any atom is -0.301 e. The van der Waals surface area contributed by atoms with Gasteiger partial charge in [-0.05, 0) is 6.42 Å². The number of nitrogens with zero attached hydrogens (tertiary/aromatic N) is 2. The number of carbonyl (C=O) groups is 5. The van der Waals surface area contributed by atoms with Gasteiger partial charge in [0.15, 0.2) is 0 Å². The number of rotatable bonds is 5. The van der Waals surface area contributed by atoms with Crippen molar-refractivity contribution in [3.05, 3.63) is 12.2 Å². The molecular formula is C14H18N2O6. The molecule has 2 rings (SSSR count). The fraction of sp³-hybridized carbons (Fsp3) is 0.500. The van der Waals surface area contributed by atoms with Crippen molar-refractivity contribution in [2.45, 2.75) is 45.1 Å². The number of aldehydes is 1. The molecule has 0 aliphatic carbocycles. The van der Waals surface area contributed by atoms with Gasteiger partial charge in [-0.3, -0.25) is 29.3 Å². The van der Waals surface area contributed by atoms with Crippen molar-refractivity contribution in [1.82, 2.24) is 9.96 Å². The van der Waals surface area contributed by atoms with Crippen LogP contribution in [0.5, 0.6) is 0 Å². The number of carbonyl (C=O) groups excluding carboxylic acids is 5. The van der Waals surface area contributed by atoms with Crippen molar-refractivity contribution >= 4 is 29.9 Å². The Morgan fingerprint density at radius 3 is 1.95 bits per heavy atom. The molecule has 8 heteroatoms. The van der Waals surface area contributed by atoms with Crippen molar-refractivity contribution in [3.63, 3.8) is 0 Å². The molecule has 2 aliphatic heterocycles. The molecule has 0 saturated carbocycles. The normalized spacial score (nSPS) is 18.6. The number of hydroxylamine groups is 2. The van der Waals surface area contributed by atoms with Crippen LogP contribution < -0.4 is 0 Å². The molecule has 22 heavy (non-hydrogen) atoms. The molecule has 0 spiro atoms. The maximum absolute atomic E-state index is 11.2. The van der Waals surface area contributed by atoms with Crippen LogP contribution in [0.25, 0.3) is 0 Å². The van der Waals surface area contributed by atoms with Crippen molar-refractivity contribution in [1.29, 1.82) is 0 Å². The maximum Gasteiger partial charge on any atom is 0.254 e.